The van der Waals surface area contributed by atoms with E-state index >= 15 is 0 Å². The summed E-state index contributed by atoms with van der Waals surface area (Å²) in [7, 11) is 0. The minimum Gasteiger partial charge on any atom is -0.310 e. The Morgan fingerprint density at radius 2 is 0.539 bits per heavy atom. The van der Waals surface area contributed by atoms with Crippen LogP contribution in [-0.4, -0.2) is 11.3 Å². The van der Waals surface area contributed by atoms with Gasteiger partial charge in [0.15, 0.2) is 0 Å². The third-order valence-corrected chi connectivity index (χ3v) is 22.4. The van der Waals surface area contributed by atoms with Crippen LogP contribution in [0, 0.1) is 0 Å². The highest BCUT2D eigenvalue weighted by atomic mass is 15.2. The van der Waals surface area contributed by atoms with Crippen molar-refractivity contribution in [2.45, 2.75) is 0 Å². The lowest BCUT2D eigenvalue weighted by Gasteiger charge is -2.46. The monoisotopic (exact) mass is 1290 g/mol. The van der Waals surface area contributed by atoms with E-state index in [9.17, 15) is 0 Å². The Labute approximate surface area is 590 Å². The highest BCUT2D eigenvalue weighted by molar-refractivity contribution is 7.00. The summed E-state index contributed by atoms with van der Waals surface area (Å²) >= 11 is 0. The molecule has 0 N–H and O–H groups in total. The Balaban J connectivity index is 0.925. The summed E-state index contributed by atoms with van der Waals surface area (Å²) in [6.45, 7) is -0.299. The molecule has 20 aromatic rings. The molecule has 3 heterocycles. The van der Waals surface area contributed by atoms with E-state index in [-0.39, 0.29) is 6.71 Å². The van der Waals surface area contributed by atoms with Crippen LogP contribution in [-0.2, 0) is 0 Å². The first-order chi connectivity index (χ1) is 50.6. The Morgan fingerprint density at radius 1 is 0.206 bits per heavy atom. The first-order valence-electron chi connectivity index (χ1n) is 35.5. The topological polar surface area (TPSA) is 11.4 Å². The van der Waals surface area contributed by atoms with Gasteiger partial charge in [0, 0.05) is 55.8 Å². The fraction of sp³-hybridized carbons (Fsp3) is 0. The molecule has 2 aliphatic rings. The number of benzene rings is 19. The van der Waals surface area contributed by atoms with Crippen molar-refractivity contribution in [3.8, 4) is 72.4 Å². The molecule has 0 fully saturated rings. The van der Waals surface area contributed by atoms with Gasteiger partial charge in [-0.2, -0.15) is 0 Å². The van der Waals surface area contributed by atoms with Crippen LogP contribution in [0.5, 0.6) is 0 Å². The van der Waals surface area contributed by atoms with Crippen LogP contribution in [0.15, 0.2) is 364 Å². The van der Waals surface area contributed by atoms with Gasteiger partial charge in [0.2, 0.25) is 0 Å². The summed E-state index contributed by atoms with van der Waals surface area (Å²) < 4.78 is 2.54. The second kappa shape index (κ2) is 22.1. The van der Waals surface area contributed by atoms with E-state index in [1.54, 1.807) is 0 Å². The Kier molecular flexibility index (Phi) is 12.3. The zero-order valence-corrected chi connectivity index (χ0v) is 55.6. The molecule has 0 saturated carbocycles. The van der Waals surface area contributed by atoms with Crippen LogP contribution >= 0.6 is 0 Å². The number of fused-ring (bicyclic) bond motifs is 7. The normalized spacial score (nSPS) is 12.6. The van der Waals surface area contributed by atoms with Gasteiger partial charge in [0.1, 0.15) is 0 Å². The van der Waals surface area contributed by atoms with Gasteiger partial charge >= 0.3 is 0 Å². The minimum absolute atomic E-state index is 0.299. The van der Waals surface area contributed by atoms with Crippen LogP contribution in [0.4, 0.5) is 34.1 Å². The minimum atomic E-state index is -0.299. The largest absolute Gasteiger partial charge is 0.310 e. The molecule has 0 amide bonds. The maximum atomic E-state index is 2.69. The molecule has 22 rings (SSSR count). The van der Waals surface area contributed by atoms with Gasteiger partial charge in [0.25, 0.3) is 6.71 Å². The van der Waals surface area contributed by atoms with Gasteiger partial charge in [-0.1, -0.05) is 328 Å². The average molecular weight is 1290 g/mol. The van der Waals surface area contributed by atoms with E-state index in [1.165, 1.54) is 114 Å². The van der Waals surface area contributed by atoms with Crippen LogP contribution in [0.25, 0.3) is 159 Å². The number of hydrogen-bond acceptors (Lipinski definition) is 2. The zero-order valence-electron chi connectivity index (χ0n) is 55.6. The summed E-state index contributed by atoms with van der Waals surface area (Å²) in [4.78, 5) is 5.38. The van der Waals surface area contributed by atoms with Gasteiger partial charge in [0.05, 0.1) is 28.1 Å². The smallest absolute Gasteiger partial charge is 0.252 e. The molecule has 0 atom stereocenters. The molecular formula is C98H60BN3. The summed E-state index contributed by atoms with van der Waals surface area (Å²) in [5.74, 6) is 0. The highest BCUT2D eigenvalue weighted by Gasteiger charge is 2.46. The van der Waals surface area contributed by atoms with Crippen molar-refractivity contribution in [3.05, 3.63) is 364 Å². The van der Waals surface area contributed by atoms with E-state index in [0.717, 1.165) is 95.4 Å². The van der Waals surface area contributed by atoms with E-state index in [4.69, 9.17) is 0 Å². The van der Waals surface area contributed by atoms with Gasteiger partial charge in [-0.15, -0.1) is 0 Å². The van der Waals surface area contributed by atoms with E-state index in [2.05, 4.69) is 378 Å². The lowest BCUT2D eigenvalue weighted by molar-refractivity contribution is 1.16. The lowest BCUT2D eigenvalue weighted by Crippen LogP contribution is -2.61. The predicted molar refractivity (Wildman–Crippen MR) is 435 cm³/mol. The van der Waals surface area contributed by atoms with Gasteiger partial charge < -0.3 is 14.4 Å². The number of hydrogen-bond donors (Lipinski definition) is 0. The van der Waals surface area contributed by atoms with Crippen molar-refractivity contribution in [1.82, 2.24) is 4.57 Å². The first-order valence-corrected chi connectivity index (χ1v) is 35.5. The molecule has 2 aliphatic heterocycles. The SMILES string of the molecule is c1ccc(-c2cccc(-c3ccccc3)c2N2c3ccc(-c4ccc5ccc6cccc7ccc4c5c67)cc3B3c4cc(-c5ccc6ccc7cccc8ccc5c6c78)ccc4N(c4c(-c5ccccc5)cccc4-c4ccccc4)c4cc(-n5c6ccccc6c6ccccc65)cc2c43)cc1. The number of rotatable bonds is 9. The van der Waals surface area contributed by atoms with Gasteiger partial charge in [-0.05, 0) is 162 Å². The Bertz CT molecular complexity index is 6270. The summed E-state index contributed by atoms with van der Waals surface area (Å²) in [6, 6.07) is 138. The van der Waals surface area contributed by atoms with Crippen LogP contribution in [0.1, 0.15) is 0 Å². The van der Waals surface area contributed by atoms with Crippen molar-refractivity contribution < 1.29 is 0 Å². The fourth-order valence-electron chi connectivity index (χ4n) is 18.1. The molecule has 0 aliphatic carbocycles. The third kappa shape index (κ3) is 8.32. The van der Waals surface area contributed by atoms with Crippen molar-refractivity contribution in [1.29, 1.82) is 0 Å². The molecule has 0 saturated heterocycles. The average Bonchev–Trinajstić information content (AvgIpc) is 0.797. The molecular weight excluding hydrogens is 1230 g/mol. The molecule has 102 heavy (non-hydrogen) atoms. The summed E-state index contributed by atoms with van der Waals surface area (Å²) in [5, 5.41) is 17.7. The number of para-hydroxylation sites is 4. The molecule has 0 bridgehead atoms. The molecule has 0 radical (unpaired) electrons. The Morgan fingerprint density at radius 3 is 0.931 bits per heavy atom. The molecule has 0 unspecified atom stereocenters. The van der Waals surface area contributed by atoms with E-state index in [0.29, 0.717) is 0 Å². The second-order valence-electron chi connectivity index (χ2n) is 27.7. The van der Waals surface area contributed by atoms with Crippen LogP contribution in [0.2, 0.25) is 0 Å². The maximum Gasteiger partial charge on any atom is 0.252 e. The van der Waals surface area contributed by atoms with Crippen LogP contribution in [0.3, 0.4) is 0 Å². The van der Waals surface area contributed by atoms with E-state index in [1.807, 2.05) is 0 Å². The quantitative estimate of drug-likeness (QED) is 0.105. The molecule has 470 valence electrons. The number of aromatic nitrogens is 1. The maximum absolute atomic E-state index is 2.69. The first kappa shape index (κ1) is 56.7. The van der Waals surface area contributed by atoms with Crippen LogP contribution < -0.4 is 26.2 Å². The molecule has 0 spiro atoms. The summed E-state index contributed by atoms with van der Waals surface area (Å²) in [6.07, 6.45) is 0. The standard InChI is InChI=1S/C98H60BN3/c1-5-21-61(22-6-1)76-35-19-36-77(62-23-7-2-8-24-62)97(76)101-88-55-49-71(74-51-45-69-43-41-65-29-17-31-67-47-53-82(74)94(69)92(65)67)57-84(88)99-85-58-72(75-52-46-70-44-42-66-30-18-32-68-48-54-83(75)95(70)93(66)68)50-56-89(85)102(98-78(63-25-9-3-10-26-63)37-20-38-79(98)64-27-11-4-12-28-64)91-60-73(59-90(101)96(91)99)100-86-39-15-13-33-80(86)81-34-14-16-40-87(81)100/h1-60H. The van der Waals surface area contributed by atoms with Crippen molar-refractivity contribution >= 4 is 144 Å². The molecule has 1 aromatic heterocycles. The number of anilines is 6. The highest BCUT2D eigenvalue weighted by Crippen LogP contribution is 2.55. The Hall–Kier alpha value is -13.3. The summed E-state index contributed by atoms with van der Waals surface area (Å²) in [5.41, 5.74) is 27.6. The lowest BCUT2D eigenvalue weighted by atomic mass is 9.33. The van der Waals surface area contributed by atoms with Gasteiger partial charge in [-0.3, -0.25) is 0 Å². The molecule has 19 aromatic carbocycles. The third-order valence-electron chi connectivity index (χ3n) is 22.4. The number of nitrogens with zero attached hydrogens (tertiary/aromatic N) is 3. The molecule has 4 heteroatoms. The van der Waals surface area contributed by atoms with Gasteiger partial charge in [-0.25, -0.2) is 0 Å². The second-order valence-corrected chi connectivity index (χ2v) is 27.7. The van der Waals surface area contributed by atoms with E-state index < -0.39 is 0 Å². The van der Waals surface area contributed by atoms with Crippen molar-refractivity contribution in [2.24, 2.45) is 0 Å². The zero-order chi connectivity index (χ0) is 66.7. The van der Waals surface area contributed by atoms with Crippen molar-refractivity contribution in [3.63, 3.8) is 0 Å². The van der Waals surface area contributed by atoms with Crippen molar-refractivity contribution in [2.75, 3.05) is 9.80 Å². The predicted octanol–water partition coefficient (Wildman–Crippen LogP) is 24.7. The molecule has 3 nitrogen and oxygen atoms in total. The fourth-order valence-corrected chi connectivity index (χ4v) is 18.1.